The van der Waals surface area contributed by atoms with Crippen LogP contribution in [0.1, 0.15) is 5.56 Å². The molecule has 0 saturated carbocycles. The van der Waals surface area contributed by atoms with E-state index in [1.165, 1.54) is 24.5 Å². The van der Waals surface area contributed by atoms with Crippen LogP contribution in [0.25, 0.3) is 0 Å². The van der Waals surface area contributed by atoms with E-state index in [2.05, 4.69) is 20.2 Å². The Labute approximate surface area is 110 Å². The smallest absolute Gasteiger partial charge is 0.262 e. The highest BCUT2D eigenvalue weighted by Crippen LogP contribution is 2.20. The van der Waals surface area contributed by atoms with E-state index in [-0.39, 0.29) is 4.90 Å². The summed E-state index contributed by atoms with van der Waals surface area (Å²) in [5.41, 5.74) is 0.777. The van der Waals surface area contributed by atoms with E-state index >= 15 is 0 Å². The maximum absolute atomic E-state index is 13.3. The van der Waals surface area contributed by atoms with Gasteiger partial charge in [-0.05, 0) is 24.7 Å². The number of rotatable bonds is 5. The SMILES string of the molecule is CNCc1ccc(F)cc1S(=O)(=O)Nc1cn[nH]c1. The van der Waals surface area contributed by atoms with Crippen LogP contribution in [0, 0.1) is 5.82 Å². The number of nitrogens with one attached hydrogen (secondary N) is 3. The Kier molecular flexibility index (Phi) is 3.82. The molecule has 19 heavy (non-hydrogen) atoms. The van der Waals surface area contributed by atoms with E-state index in [0.29, 0.717) is 17.8 Å². The normalized spacial score (nSPS) is 11.5. The fourth-order valence-electron chi connectivity index (χ4n) is 1.63. The van der Waals surface area contributed by atoms with E-state index in [9.17, 15) is 12.8 Å². The molecule has 0 saturated heterocycles. The Hall–Kier alpha value is -1.93. The summed E-state index contributed by atoms with van der Waals surface area (Å²) in [5, 5.41) is 8.97. The molecule has 0 radical (unpaired) electrons. The van der Waals surface area contributed by atoms with Gasteiger partial charge in [-0.1, -0.05) is 6.07 Å². The van der Waals surface area contributed by atoms with Crippen LogP contribution in [0.15, 0.2) is 35.5 Å². The Morgan fingerprint density at radius 1 is 1.42 bits per heavy atom. The van der Waals surface area contributed by atoms with Crippen LogP contribution >= 0.6 is 0 Å². The van der Waals surface area contributed by atoms with Gasteiger partial charge in [0.25, 0.3) is 10.0 Å². The van der Waals surface area contributed by atoms with E-state index in [4.69, 9.17) is 0 Å². The molecule has 102 valence electrons. The predicted molar refractivity (Wildman–Crippen MR) is 68.6 cm³/mol. The molecule has 0 spiro atoms. The number of nitrogens with zero attached hydrogens (tertiary/aromatic N) is 1. The van der Waals surface area contributed by atoms with Crippen molar-refractivity contribution in [3.8, 4) is 0 Å². The first-order valence-electron chi connectivity index (χ1n) is 5.47. The minimum Gasteiger partial charge on any atom is -0.316 e. The van der Waals surface area contributed by atoms with Crippen LogP contribution in [0.2, 0.25) is 0 Å². The Balaban J connectivity index is 2.41. The van der Waals surface area contributed by atoms with Crippen molar-refractivity contribution in [2.24, 2.45) is 0 Å². The molecule has 0 aliphatic heterocycles. The second kappa shape index (κ2) is 5.37. The lowest BCUT2D eigenvalue weighted by atomic mass is 10.2. The minimum atomic E-state index is -3.85. The Morgan fingerprint density at radius 2 is 2.21 bits per heavy atom. The van der Waals surface area contributed by atoms with Crippen LogP contribution in [0.5, 0.6) is 0 Å². The lowest BCUT2D eigenvalue weighted by Gasteiger charge is -2.11. The highest BCUT2D eigenvalue weighted by atomic mass is 32.2. The van der Waals surface area contributed by atoms with Crippen molar-refractivity contribution in [1.29, 1.82) is 0 Å². The number of H-pyrrole nitrogens is 1. The van der Waals surface area contributed by atoms with E-state index < -0.39 is 15.8 Å². The molecule has 6 nitrogen and oxygen atoms in total. The van der Waals surface area contributed by atoms with Crippen molar-refractivity contribution in [2.75, 3.05) is 11.8 Å². The van der Waals surface area contributed by atoms with Crippen molar-refractivity contribution in [3.05, 3.63) is 42.0 Å². The van der Waals surface area contributed by atoms with Crippen LogP contribution < -0.4 is 10.0 Å². The van der Waals surface area contributed by atoms with Gasteiger partial charge < -0.3 is 5.32 Å². The molecule has 2 rings (SSSR count). The van der Waals surface area contributed by atoms with Crippen LogP contribution in [-0.4, -0.2) is 25.7 Å². The van der Waals surface area contributed by atoms with Gasteiger partial charge in [0.15, 0.2) is 0 Å². The van der Waals surface area contributed by atoms with Crippen molar-refractivity contribution in [1.82, 2.24) is 15.5 Å². The number of benzene rings is 1. The third-order valence-corrected chi connectivity index (χ3v) is 3.90. The third kappa shape index (κ3) is 3.09. The molecule has 1 aromatic heterocycles. The molecule has 0 aliphatic rings. The summed E-state index contributed by atoms with van der Waals surface area (Å²) in [6.07, 6.45) is 2.73. The van der Waals surface area contributed by atoms with E-state index in [1.807, 2.05) is 0 Å². The monoisotopic (exact) mass is 284 g/mol. The third-order valence-electron chi connectivity index (χ3n) is 2.44. The van der Waals surface area contributed by atoms with E-state index in [0.717, 1.165) is 6.07 Å². The maximum Gasteiger partial charge on any atom is 0.262 e. The van der Waals surface area contributed by atoms with Crippen LogP contribution in [0.4, 0.5) is 10.1 Å². The fourth-order valence-corrected chi connectivity index (χ4v) is 2.92. The Bertz CT molecular complexity index is 655. The molecule has 0 unspecified atom stereocenters. The first-order valence-corrected chi connectivity index (χ1v) is 6.96. The van der Waals surface area contributed by atoms with Crippen molar-refractivity contribution in [3.63, 3.8) is 0 Å². The highest BCUT2D eigenvalue weighted by molar-refractivity contribution is 7.92. The van der Waals surface area contributed by atoms with Crippen LogP contribution in [0.3, 0.4) is 0 Å². The molecule has 3 N–H and O–H groups in total. The average Bonchev–Trinajstić information content (AvgIpc) is 2.83. The average molecular weight is 284 g/mol. The van der Waals surface area contributed by atoms with Gasteiger partial charge in [-0.3, -0.25) is 9.82 Å². The topological polar surface area (TPSA) is 86.9 Å². The summed E-state index contributed by atoms with van der Waals surface area (Å²) in [7, 11) is -2.16. The first-order chi connectivity index (χ1) is 9.03. The maximum atomic E-state index is 13.3. The lowest BCUT2D eigenvalue weighted by Crippen LogP contribution is -2.17. The molecule has 8 heteroatoms. The van der Waals surface area contributed by atoms with Crippen molar-refractivity contribution in [2.45, 2.75) is 11.4 Å². The van der Waals surface area contributed by atoms with Crippen molar-refractivity contribution < 1.29 is 12.8 Å². The van der Waals surface area contributed by atoms with Gasteiger partial charge in [-0.25, -0.2) is 12.8 Å². The molecule has 0 amide bonds. The second-order valence-corrected chi connectivity index (χ2v) is 5.53. The highest BCUT2D eigenvalue weighted by Gasteiger charge is 2.19. The zero-order valence-corrected chi connectivity index (χ0v) is 11.0. The van der Waals surface area contributed by atoms with Gasteiger partial charge in [0.2, 0.25) is 0 Å². The molecular weight excluding hydrogens is 271 g/mol. The largest absolute Gasteiger partial charge is 0.316 e. The van der Waals surface area contributed by atoms with Gasteiger partial charge >= 0.3 is 0 Å². The standard InChI is InChI=1S/C11H13FN4O2S/c1-13-5-8-2-3-9(12)4-11(8)19(17,18)16-10-6-14-15-7-10/h2-4,6-7,13,16H,5H2,1H3,(H,14,15). The van der Waals surface area contributed by atoms with E-state index in [1.54, 1.807) is 7.05 Å². The molecule has 0 fully saturated rings. The number of sulfonamides is 1. The molecule has 1 heterocycles. The molecule has 2 aromatic rings. The number of hydrogen-bond acceptors (Lipinski definition) is 4. The number of hydrogen-bond donors (Lipinski definition) is 3. The summed E-state index contributed by atoms with van der Waals surface area (Å²) < 4.78 is 40.0. The molecule has 0 atom stereocenters. The first kappa shape index (κ1) is 13.5. The quantitative estimate of drug-likeness (QED) is 0.766. The van der Waals surface area contributed by atoms with Crippen LogP contribution in [-0.2, 0) is 16.6 Å². The number of aromatic nitrogens is 2. The summed E-state index contributed by atoms with van der Waals surface area (Å²) in [6, 6.07) is 3.66. The lowest BCUT2D eigenvalue weighted by molar-refractivity contribution is 0.592. The van der Waals surface area contributed by atoms with Gasteiger partial charge in [0.05, 0.1) is 16.8 Å². The zero-order valence-electron chi connectivity index (χ0n) is 10.1. The van der Waals surface area contributed by atoms with Crippen molar-refractivity contribution >= 4 is 15.7 Å². The molecule has 1 aromatic carbocycles. The Morgan fingerprint density at radius 3 is 2.84 bits per heavy atom. The molecule has 0 bridgehead atoms. The van der Waals surface area contributed by atoms with Gasteiger partial charge in [-0.15, -0.1) is 0 Å². The predicted octanol–water partition coefficient (Wildman–Crippen LogP) is 1.07. The summed E-state index contributed by atoms with van der Waals surface area (Å²) in [6.45, 7) is 0.321. The van der Waals surface area contributed by atoms with Gasteiger partial charge in [0.1, 0.15) is 5.82 Å². The fraction of sp³-hybridized carbons (Fsp3) is 0.182. The number of aromatic amines is 1. The zero-order chi connectivity index (χ0) is 13.9. The molecular formula is C11H13FN4O2S. The summed E-state index contributed by atoms with van der Waals surface area (Å²) in [4.78, 5) is -0.0944. The summed E-state index contributed by atoms with van der Waals surface area (Å²) in [5.74, 6) is -0.604. The minimum absolute atomic E-state index is 0.0944. The number of halogens is 1. The molecule has 0 aliphatic carbocycles. The van der Waals surface area contributed by atoms with Gasteiger partial charge in [-0.2, -0.15) is 5.10 Å². The van der Waals surface area contributed by atoms with Gasteiger partial charge in [0, 0.05) is 12.7 Å². The second-order valence-electron chi connectivity index (χ2n) is 3.87. The number of anilines is 1. The summed E-state index contributed by atoms with van der Waals surface area (Å²) >= 11 is 0.